The zero-order chi connectivity index (χ0) is 29.6. The van der Waals surface area contributed by atoms with Crippen molar-refractivity contribution in [3.63, 3.8) is 0 Å². The SMILES string of the molecule is Cn1cnc(S(=O)(=O)N(Cc2ccc3c(c2)C(Cc2ccccc2)C(N2CC4CC4C2)CC3)/C(=C/C(=O)O)C(=O)O)c1. The lowest BCUT2D eigenvalue weighted by molar-refractivity contribution is -0.136. The Kier molecular flexibility index (Phi) is 7.40. The van der Waals surface area contributed by atoms with Crippen LogP contribution in [0.25, 0.3) is 0 Å². The van der Waals surface area contributed by atoms with E-state index in [1.807, 2.05) is 36.4 Å². The summed E-state index contributed by atoms with van der Waals surface area (Å²) in [5.74, 6) is -1.44. The second kappa shape index (κ2) is 11.0. The van der Waals surface area contributed by atoms with E-state index in [-0.39, 0.29) is 17.5 Å². The first-order chi connectivity index (χ1) is 20.1. The summed E-state index contributed by atoms with van der Waals surface area (Å²) in [4.78, 5) is 30.3. The lowest BCUT2D eigenvalue weighted by Crippen LogP contribution is -2.42. The third-order valence-electron chi connectivity index (χ3n) is 8.87. The van der Waals surface area contributed by atoms with E-state index < -0.39 is 27.7 Å². The highest BCUT2D eigenvalue weighted by atomic mass is 32.2. The van der Waals surface area contributed by atoms with Crippen LogP contribution in [0.2, 0.25) is 0 Å². The number of nitrogens with zero attached hydrogens (tertiary/aromatic N) is 4. The molecule has 10 nitrogen and oxygen atoms in total. The summed E-state index contributed by atoms with van der Waals surface area (Å²) >= 11 is 0. The molecular weight excluding hydrogens is 556 g/mol. The van der Waals surface area contributed by atoms with Crippen molar-refractivity contribution in [2.75, 3.05) is 13.1 Å². The van der Waals surface area contributed by atoms with E-state index in [1.165, 1.54) is 34.6 Å². The van der Waals surface area contributed by atoms with Crippen LogP contribution in [0.5, 0.6) is 0 Å². The summed E-state index contributed by atoms with van der Waals surface area (Å²) < 4.78 is 29.4. The molecule has 1 aromatic heterocycles. The molecule has 0 amide bonds. The van der Waals surface area contributed by atoms with Gasteiger partial charge in [0.2, 0.25) is 0 Å². The summed E-state index contributed by atoms with van der Waals surface area (Å²) in [7, 11) is -2.90. The number of imidazole rings is 1. The molecule has 2 N–H and O–H groups in total. The molecule has 4 atom stereocenters. The van der Waals surface area contributed by atoms with Gasteiger partial charge in [-0.05, 0) is 59.8 Å². The molecule has 6 rings (SSSR count). The molecular formula is C31H34N4O6S. The van der Waals surface area contributed by atoms with Gasteiger partial charge in [0.25, 0.3) is 10.0 Å². The van der Waals surface area contributed by atoms with E-state index in [1.54, 1.807) is 7.05 Å². The second-order valence-corrected chi connectivity index (χ2v) is 13.5. The minimum atomic E-state index is -4.50. The second-order valence-electron chi connectivity index (χ2n) is 11.7. The summed E-state index contributed by atoms with van der Waals surface area (Å²) in [5, 5.41) is 18.9. The van der Waals surface area contributed by atoms with Crippen molar-refractivity contribution in [2.24, 2.45) is 18.9 Å². The van der Waals surface area contributed by atoms with Crippen LogP contribution in [0.1, 0.15) is 41.0 Å². The summed E-state index contributed by atoms with van der Waals surface area (Å²) in [6, 6.07) is 16.5. The summed E-state index contributed by atoms with van der Waals surface area (Å²) in [5.41, 5.74) is 3.29. The molecule has 3 aliphatic rings. The van der Waals surface area contributed by atoms with E-state index in [0.717, 1.165) is 49.8 Å². The molecule has 2 aliphatic carbocycles. The molecule has 0 bridgehead atoms. The van der Waals surface area contributed by atoms with Gasteiger partial charge in [-0.1, -0.05) is 48.5 Å². The maximum absolute atomic E-state index is 13.7. The Bertz CT molecular complexity index is 1640. The molecule has 1 saturated heterocycles. The Balaban J connectivity index is 1.39. The number of likely N-dealkylation sites (tertiary alicyclic amines) is 1. The van der Waals surface area contributed by atoms with Crippen LogP contribution in [0.4, 0.5) is 0 Å². The van der Waals surface area contributed by atoms with E-state index in [2.05, 4.69) is 22.0 Å². The number of aryl methyl sites for hydroxylation is 2. The van der Waals surface area contributed by atoms with Gasteiger partial charge in [0, 0.05) is 38.3 Å². The lowest BCUT2D eigenvalue weighted by Gasteiger charge is -2.40. The van der Waals surface area contributed by atoms with Crippen molar-refractivity contribution in [1.82, 2.24) is 18.8 Å². The molecule has 11 heteroatoms. The van der Waals surface area contributed by atoms with Crippen molar-refractivity contribution in [3.8, 4) is 0 Å². The number of aromatic nitrogens is 2. The number of aliphatic carboxylic acids is 2. The average Bonchev–Trinajstić information content (AvgIpc) is 3.32. The molecule has 2 aromatic carbocycles. The van der Waals surface area contributed by atoms with Crippen LogP contribution >= 0.6 is 0 Å². The van der Waals surface area contributed by atoms with Crippen molar-refractivity contribution in [1.29, 1.82) is 0 Å². The Morgan fingerprint density at radius 1 is 1.07 bits per heavy atom. The number of hydrogen-bond donors (Lipinski definition) is 2. The van der Waals surface area contributed by atoms with Gasteiger partial charge in [-0.3, -0.25) is 9.21 Å². The van der Waals surface area contributed by atoms with Crippen molar-refractivity contribution in [2.45, 2.75) is 49.2 Å². The van der Waals surface area contributed by atoms with Crippen molar-refractivity contribution < 1.29 is 28.2 Å². The number of hydrogen-bond acceptors (Lipinski definition) is 6. The Labute approximate surface area is 245 Å². The minimum Gasteiger partial charge on any atom is -0.478 e. The molecule has 1 aliphatic heterocycles. The first-order valence-electron chi connectivity index (χ1n) is 14.2. The zero-order valence-corrected chi connectivity index (χ0v) is 24.2. The predicted octanol–water partition coefficient (Wildman–Crippen LogP) is 3.26. The zero-order valence-electron chi connectivity index (χ0n) is 23.3. The van der Waals surface area contributed by atoms with E-state index in [4.69, 9.17) is 0 Å². The number of benzene rings is 2. The fourth-order valence-corrected chi connectivity index (χ4v) is 8.16. The number of sulfonamides is 1. The molecule has 0 radical (unpaired) electrons. The number of fused-ring (bicyclic) bond motifs is 2. The van der Waals surface area contributed by atoms with Gasteiger partial charge in [-0.25, -0.2) is 14.6 Å². The van der Waals surface area contributed by atoms with Crippen LogP contribution < -0.4 is 0 Å². The summed E-state index contributed by atoms with van der Waals surface area (Å²) in [6.45, 7) is 1.88. The van der Waals surface area contributed by atoms with Gasteiger partial charge in [0.05, 0.1) is 18.9 Å². The normalized spacial score (nSPS) is 23.7. The number of carbonyl (C=O) groups is 2. The van der Waals surface area contributed by atoms with E-state index >= 15 is 0 Å². The average molecular weight is 591 g/mol. The molecule has 4 unspecified atom stereocenters. The quantitative estimate of drug-likeness (QED) is 0.344. The maximum atomic E-state index is 13.7. The van der Waals surface area contributed by atoms with Gasteiger partial charge in [0.1, 0.15) is 5.70 Å². The topological polar surface area (TPSA) is 133 Å². The van der Waals surface area contributed by atoms with Gasteiger partial charge in [0.15, 0.2) is 5.03 Å². The molecule has 220 valence electrons. The van der Waals surface area contributed by atoms with Crippen LogP contribution in [0.15, 0.2) is 77.9 Å². The monoisotopic (exact) mass is 590 g/mol. The summed E-state index contributed by atoms with van der Waals surface area (Å²) in [6.07, 6.45) is 7.08. The van der Waals surface area contributed by atoms with Crippen LogP contribution in [-0.4, -0.2) is 68.5 Å². The standard InChI is InChI=1S/C31H34N4O6S/c1-33-18-29(32-19-33)42(40,41)35(28(31(38)39)14-30(36)37)15-21-7-8-22-9-10-27(34-16-23-13-24(23)17-34)26(25(22)12-21)11-20-5-3-2-4-6-20/h2-8,12,14,18-19,23-24,26-27H,9-11,13,15-17H2,1H3,(H,36,37)(H,38,39)/b28-14+. The largest absolute Gasteiger partial charge is 0.478 e. The Morgan fingerprint density at radius 3 is 2.45 bits per heavy atom. The number of rotatable bonds is 10. The molecule has 0 spiro atoms. The third-order valence-corrected chi connectivity index (χ3v) is 10.5. The fraction of sp³-hybridized carbons (Fsp3) is 0.387. The first-order valence-corrected chi connectivity index (χ1v) is 15.6. The molecule has 2 heterocycles. The number of carboxylic acid groups (broad SMARTS) is 2. The lowest BCUT2D eigenvalue weighted by atomic mass is 9.75. The van der Waals surface area contributed by atoms with Crippen LogP contribution in [0.3, 0.4) is 0 Å². The van der Waals surface area contributed by atoms with E-state index in [0.29, 0.717) is 22.0 Å². The van der Waals surface area contributed by atoms with Gasteiger partial charge >= 0.3 is 11.9 Å². The van der Waals surface area contributed by atoms with Crippen molar-refractivity contribution in [3.05, 3.63) is 95.1 Å². The molecule has 42 heavy (non-hydrogen) atoms. The first kappa shape index (κ1) is 28.2. The highest BCUT2D eigenvalue weighted by molar-refractivity contribution is 7.89. The van der Waals surface area contributed by atoms with Crippen LogP contribution in [-0.2, 0) is 46.0 Å². The Hall–Kier alpha value is -3.96. The number of carboxylic acids is 2. The van der Waals surface area contributed by atoms with Gasteiger partial charge in [-0.2, -0.15) is 8.42 Å². The minimum absolute atomic E-state index is 0.183. The highest BCUT2D eigenvalue weighted by Gasteiger charge is 2.48. The molecule has 3 aromatic rings. The maximum Gasteiger partial charge on any atom is 0.353 e. The smallest absolute Gasteiger partial charge is 0.353 e. The van der Waals surface area contributed by atoms with Gasteiger partial charge in [-0.15, -0.1) is 0 Å². The van der Waals surface area contributed by atoms with E-state index in [9.17, 15) is 28.2 Å². The predicted molar refractivity (Wildman–Crippen MR) is 154 cm³/mol. The molecule has 2 fully saturated rings. The van der Waals surface area contributed by atoms with Crippen LogP contribution in [0, 0.1) is 11.8 Å². The highest BCUT2D eigenvalue weighted by Crippen LogP contribution is 2.48. The fourth-order valence-electron chi connectivity index (χ4n) is 6.74. The van der Waals surface area contributed by atoms with Crippen molar-refractivity contribution >= 4 is 22.0 Å². The third kappa shape index (κ3) is 5.58. The molecule has 1 saturated carbocycles. The Morgan fingerprint density at radius 2 is 1.81 bits per heavy atom. The number of piperidine rings is 1. The van der Waals surface area contributed by atoms with Gasteiger partial charge < -0.3 is 14.8 Å².